The van der Waals surface area contributed by atoms with Crippen molar-refractivity contribution in [3.63, 3.8) is 0 Å². The van der Waals surface area contributed by atoms with E-state index in [1.807, 2.05) is 12.1 Å². The van der Waals surface area contributed by atoms with Gasteiger partial charge in [0, 0.05) is 12.1 Å². The zero-order chi connectivity index (χ0) is 13.1. The molecule has 0 bridgehead atoms. The Balaban J connectivity index is 1.73. The number of rotatable bonds is 3. The summed E-state index contributed by atoms with van der Waals surface area (Å²) in [7, 11) is 0. The Hall–Kier alpha value is -1.72. The summed E-state index contributed by atoms with van der Waals surface area (Å²) in [5, 5.41) is 11.9. The predicted octanol–water partition coefficient (Wildman–Crippen LogP) is 1.19. The van der Waals surface area contributed by atoms with E-state index in [1.165, 1.54) is 5.56 Å². The largest absolute Gasteiger partial charge is 0.378 e. The maximum Gasteiger partial charge on any atom is 0.0859 e. The summed E-state index contributed by atoms with van der Waals surface area (Å²) in [6.07, 6.45) is 4.33. The third kappa shape index (κ3) is 3.00. The molecule has 3 rings (SSSR count). The summed E-state index contributed by atoms with van der Waals surface area (Å²) in [5.41, 5.74) is 2.26. The van der Waals surface area contributed by atoms with Crippen molar-refractivity contribution in [2.75, 3.05) is 13.2 Å². The highest BCUT2D eigenvalue weighted by Gasteiger charge is 2.18. The van der Waals surface area contributed by atoms with Crippen molar-refractivity contribution in [3.8, 4) is 5.69 Å². The van der Waals surface area contributed by atoms with Gasteiger partial charge < -0.3 is 10.1 Å². The van der Waals surface area contributed by atoms with Crippen molar-refractivity contribution in [1.82, 2.24) is 20.3 Å². The van der Waals surface area contributed by atoms with Crippen LogP contribution in [0.5, 0.6) is 0 Å². The van der Waals surface area contributed by atoms with Gasteiger partial charge in [0.25, 0.3) is 0 Å². The quantitative estimate of drug-likeness (QED) is 0.898. The van der Waals surface area contributed by atoms with Crippen LogP contribution in [0.15, 0.2) is 36.7 Å². The summed E-state index contributed by atoms with van der Waals surface area (Å²) in [4.78, 5) is 1.64. The second kappa shape index (κ2) is 5.50. The molecular weight excluding hydrogens is 240 g/mol. The van der Waals surface area contributed by atoms with E-state index in [-0.39, 0.29) is 0 Å². The monoisotopic (exact) mass is 258 g/mol. The third-order valence-electron chi connectivity index (χ3n) is 3.25. The second-order valence-corrected chi connectivity index (χ2v) is 4.99. The van der Waals surface area contributed by atoms with Crippen LogP contribution in [-0.4, -0.2) is 40.3 Å². The van der Waals surface area contributed by atoms with Crippen molar-refractivity contribution in [1.29, 1.82) is 0 Å². The van der Waals surface area contributed by atoms with Gasteiger partial charge >= 0.3 is 0 Å². The first-order valence-corrected chi connectivity index (χ1v) is 6.61. The van der Waals surface area contributed by atoms with E-state index >= 15 is 0 Å². The molecule has 0 saturated carbocycles. The van der Waals surface area contributed by atoms with Crippen molar-refractivity contribution in [2.24, 2.45) is 0 Å². The molecule has 0 aliphatic carbocycles. The Morgan fingerprint density at radius 3 is 2.95 bits per heavy atom. The smallest absolute Gasteiger partial charge is 0.0859 e. The molecule has 1 fully saturated rings. The summed E-state index contributed by atoms with van der Waals surface area (Å²) >= 11 is 0. The second-order valence-electron chi connectivity index (χ2n) is 4.99. The summed E-state index contributed by atoms with van der Waals surface area (Å²) in [6.45, 7) is 3.72. The van der Waals surface area contributed by atoms with E-state index in [9.17, 15) is 0 Å². The Labute approximate surface area is 112 Å². The van der Waals surface area contributed by atoms with Crippen LogP contribution in [0.2, 0.25) is 0 Å². The molecule has 1 saturated heterocycles. The predicted molar refractivity (Wildman–Crippen MR) is 72.3 cm³/mol. The van der Waals surface area contributed by atoms with Crippen molar-refractivity contribution >= 4 is 0 Å². The van der Waals surface area contributed by atoms with Gasteiger partial charge in [-0.15, -0.1) is 0 Å². The van der Waals surface area contributed by atoms with Gasteiger partial charge in [-0.25, -0.2) is 0 Å². The lowest BCUT2D eigenvalue weighted by atomic mass is 10.0. The lowest BCUT2D eigenvalue weighted by molar-refractivity contribution is 0.0508. The molecule has 2 heterocycles. The molecule has 0 radical (unpaired) electrons. The van der Waals surface area contributed by atoms with Crippen LogP contribution in [0, 0.1) is 0 Å². The number of ether oxygens (including phenoxy) is 1. The highest BCUT2D eigenvalue weighted by Crippen LogP contribution is 2.12. The van der Waals surface area contributed by atoms with E-state index in [0.29, 0.717) is 12.1 Å². The molecule has 1 aliphatic rings. The number of nitrogens with zero attached hydrogens (tertiary/aromatic N) is 3. The number of hydrogen-bond acceptors (Lipinski definition) is 4. The molecule has 1 aromatic heterocycles. The zero-order valence-corrected chi connectivity index (χ0v) is 11.0. The Bertz CT molecular complexity index is 526. The minimum atomic E-state index is 0.379. The normalized spacial score (nSPS) is 23.4. The van der Waals surface area contributed by atoms with Crippen molar-refractivity contribution < 1.29 is 4.74 Å². The van der Waals surface area contributed by atoms with Gasteiger partial charge in [-0.1, -0.05) is 12.1 Å². The van der Waals surface area contributed by atoms with Crippen molar-refractivity contribution in [2.45, 2.75) is 25.4 Å². The van der Waals surface area contributed by atoms with Gasteiger partial charge in [0.15, 0.2) is 0 Å². The molecule has 2 atom stereocenters. The lowest BCUT2D eigenvalue weighted by Crippen LogP contribution is -2.48. The fourth-order valence-corrected chi connectivity index (χ4v) is 2.44. The fourth-order valence-electron chi connectivity index (χ4n) is 2.44. The highest BCUT2D eigenvalue weighted by atomic mass is 16.5. The molecule has 0 spiro atoms. The molecule has 1 aliphatic heterocycles. The van der Waals surface area contributed by atoms with Crippen LogP contribution >= 0.6 is 0 Å². The highest BCUT2D eigenvalue weighted by molar-refractivity contribution is 5.34. The number of nitrogens with one attached hydrogen (secondary N) is 1. The Morgan fingerprint density at radius 1 is 1.32 bits per heavy atom. The van der Waals surface area contributed by atoms with E-state index in [2.05, 4.69) is 34.6 Å². The lowest BCUT2D eigenvalue weighted by Gasteiger charge is -2.29. The standard InChI is InChI=1S/C14H18N4O/c1-11-9-19-10-13(17-11)7-12-3-2-4-14(8-12)18-15-5-6-16-18/h2-6,8,11,13,17H,7,9-10H2,1H3/t11-,13+/m0/s1. The molecule has 0 amide bonds. The van der Waals surface area contributed by atoms with Gasteiger partial charge in [0.1, 0.15) is 0 Å². The molecule has 0 unspecified atom stereocenters. The number of benzene rings is 1. The summed E-state index contributed by atoms with van der Waals surface area (Å²) in [6, 6.07) is 9.12. The Morgan fingerprint density at radius 2 is 2.16 bits per heavy atom. The number of morpholine rings is 1. The SMILES string of the molecule is C[C@H]1COC[C@@H](Cc2cccc(-n3nccn3)c2)N1. The minimum absolute atomic E-state index is 0.379. The van der Waals surface area contributed by atoms with Crippen molar-refractivity contribution in [3.05, 3.63) is 42.2 Å². The molecular formula is C14H18N4O. The van der Waals surface area contributed by atoms with Gasteiger partial charge in [-0.3, -0.25) is 0 Å². The first kappa shape index (κ1) is 12.3. The van der Waals surface area contributed by atoms with Crippen LogP contribution in [0.3, 0.4) is 0 Å². The molecule has 2 aromatic rings. The summed E-state index contributed by atoms with van der Waals surface area (Å²) < 4.78 is 5.58. The van der Waals surface area contributed by atoms with Gasteiger partial charge in [0.05, 0.1) is 31.3 Å². The molecule has 5 heteroatoms. The molecule has 19 heavy (non-hydrogen) atoms. The summed E-state index contributed by atoms with van der Waals surface area (Å²) in [5.74, 6) is 0. The topological polar surface area (TPSA) is 52.0 Å². The van der Waals surface area contributed by atoms with E-state index in [1.54, 1.807) is 17.2 Å². The minimum Gasteiger partial charge on any atom is -0.378 e. The zero-order valence-electron chi connectivity index (χ0n) is 11.0. The molecule has 5 nitrogen and oxygen atoms in total. The van der Waals surface area contributed by atoms with Gasteiger partial charge in [-0.05, 0) is 31.0 Å². The van der Waals surface area contributed by atoms with Crippen LogP contribution in [0.4, 0.5) is 0 Å². The van der Waals surface area contributed by atoms with Crippen LogP contribution in [0.1, 0.15) is 12.5 Å². The van der Waals surface area contributed by atoms with E-state index in [4.69, 9.17) is 4.74 Å². The van der Waals surface area contributed by atoms with Crippen LogP contribution in [0.25, 0.3) is 5.69 Å². The third-order valence-corrected chi connectivity index (χ3v) is 3.25. The molecule has 1 N–H and O–H groups in total. The first-order valence-electron chi connectivity index (χ1n) is 6.61. The fraction of sp³-hybridized carbons (Fsp3) is 0.429. The maximum atomic E-state index is 5.58. The average Bonchev–Trinajstić information content (AvgIpc) is 2.93. The van der Waals surface area contributed by atoms with E-state index in [0.717, 1.165) is 25.3 Å². The number of aromatic nitrogens is 3. The Kier molecular flexibility index (Phi) is 3.57. The maximum absolute atomic E-state index is 5.58. The number of hydrogen-bond donors (Lipinski definition) is 1. The van der Waals surface area contributed by atoms with Gasteiger partial charge in [-0.2, -0.15) is 15.0 Å². The average molecular weight is 258 g/mol. The van der Waals surface area contributed by atoms with E-state index < -0.39 is 0 Å². The first-order chi connectivity index (χ1) is 9.31. The van der Waals surface area contributed by atoms with Gasteiger partial charge in [0.2, 0.25) is 0 Å². The van der Waals surface area contributed by atoms with Crippen LogP contribution < -0.4 is 5.32 Å². The van der Waals surface area contributed by atoms with Crippen LogP contribution in [-0.2, 0) is 11.2 Å². The molecule has 1 aromatic carbocycles. The molecule has 100 valence electrons.